The third-order valence-electron chi connectivity index (χ3n) is 3.56. The van der Waals surface area contributed by atoms with Gasteiger partial charge in [0.25, 0.3) is 5.91 Å². The Balaban J connectivity index is 1.85. The van der Waals surface area contributed by atoms with Crippen LogP contribution in [0.1, 0.15) is 15.9 Å². The molecule has 0 aliphatic carbocycles. The first-order valence-electron chi connectivity index (χ1n) is 7.69. The summed E-state index contributed by atoms with van der Waals surface area (Å²) in [5, 5.41) is 6.53. The van der Waals surface area contributed by atoms with Crippen LogP contribution in [0.25, 0.3) is 0 Å². The van der Waals surface area contributed by atoms with E-state index in [2.05, 4.69) is 10.6 Å². The zero-order valence-corrected chi connectivity index (χ0v) is 16.6. The summed E-state index contributed by atoms with van der Waals surface area (Å²) in [5.74, 6) is 0.987. The van der Waals surface area contributed by atoms with E-state index in [-0.39, 0.29) is 11.0 Å². The number of halogens is 2. The molecule has 0 unspecified atom stereocenters. The van der Waals surface area contributed by atoms with Crippen LogP contribution in [0.15, 0.2) is 36.4 Å². The van der Waals surface area contributed by atoms with Crippen LogP contribution in [0, 0.1) is 0 Å². The molecule has 138 valence electrons. The number of carbonyl (C=O) groups excluding carboxylic acids is 1. The second-order valence-corrected chi connectivity index (χ2v) is 6.50. The number of benzene rings is 2. The Morgan fingerprint density at radius 2 is 1.77 bits per heavy atom. The summed E-state index contributed by atoms with van der Waals surface area (Å²) < 4.78 is 10.5. The molecule has 0 saturated carbocycles. The molecule has 0 atom stereocenters. The van der Waals surface area contributed by atoms with Gasteiger partial charge in [0.1, 0.15) is 0 Å². The molecule has 0 aliphatic heterocycles. The number of carbonyl (C=O) groups is 1. The summed E-state index contributed by atoms with van der Waals surface area (Å²) >= 11 is 16.9. The zero-order valence-electron chi connectivity index (χ0n) is 14.3. The first-order chi connectivity index (χ1) is 12.4. The van der Waals surface area contributed by atoms with Crippen molar-refractivity contribution in [2.24, 2.45) is 0 Å². The first kappa shape index (κ1) is 20.3. The Bertz CT molecular complexity index is 815. The number of rotatable bonds is 6. The normalized spacial score (nSPS) is 10.2. The average Bonchev–Trinajstić information content (AvgIpc) is 2.63. The van der Waals surface area contributed by atoms with Crippen LogP contribution < -0.4 is 20.1 Å². The number of nitrogens with one attached hydrogen (secondary N) is 2. The highest BCUT2D eigenvalue weighted by Crippen LogP contribution is 2.27. The Morgan fingerprint density at radius 3 is 2.42 bits per heavy atom. The standard InChI is InChI=1S/C18H18Cl2N2O3S/c1-24-15-6-3-11(9-16(15)25-2)7-8-21-18(26)22-17(23)12-4-5-13(19)14(20)10-12/h3-6,9-10H,7-8H2,1-2H3,(H2,21,22,23,26). The lowest BCUT2D eigenvalue weighted by Gasteiger charge is -2.12. The third kappa shape index (κ3) is 5.49. The van der Waals surface area contributed by atoms with Gasteiger partial charge < -0.3 is 14.8 Å². The lowest BCUT2D eigenvalue weighted by molar-refractivity contribution is 0.0976. The maximum absolute atomic E-state index is 12.1. The Hall–Kier alpha value is -2.02. The molecule has 2 N–H and O–H groups in total. The number of ether oxygens (including phenoxy) is 2. The van der Waals surface area contributed by atoms with E-state index < -0.39 is 0 Å². The van der Waals surface area contributed by atoms with Gasteiger partial charge in [0.2, 0.25) is 0 Å². The molecule has 0 saturated heterocycles. The topological polar surface area (TPSA) is 59.6 Å². The molecule has 0 fully saturated rings. The van der Waals surface area contributed by atoms with Crippen molar-refractivity contribution in [2.75, 3.05) is 20.8 Å². The molecule has 0 bridgehead atoms. The largest absolute Gasteiger partial charge is 0.493 e. The number of methoxy groups -OCH3 is 2. The molecule has 26 heavy (non-hydrogen) atoms. The summed E-state index contributed by atoms with van der Waals surface area (Å²) in [5.41, 5.74) is 1.43. The summed E-state index contributed by atoms with van der Waals surface area (Å²) in [6.07, 6.45) is 0.698. The molecule has 0 aromatic heterocycles. The molecule has 0 spiro atoms. The van der Waals surface area contributed by atoms with Gasteiger partial charge in [-0.2, -0.15) is 0 Å². The van der Waals surface area contributed by atoms with Gasteiger partial charge in [0.15, 0.2) is 16.6 Å². The van der Waals surface area contributed by atoms with Crippen LogP contribution in [-0.2, 0) is 6.42 Å². The van der Waals surface area contributed by atoms with Crippen LogP contribution in [0.4, 0.5) is 0 Å². The van der Waals surface area contributed by atoms with Crippen LogP contribution in [0.3, 0.4) is 0 Å². The minimum absolute atomic E-state index is 0.238. The highest BCUT2D eigenvalue weighted by molar-refractivity contribution is 7.80. The van der Waals surface area contributed by atoms with E-state index in [1.807, 2.05) is 18.2 Å². The Labute approximate surface area is 167 Å². The van der Waals surface area contributed by atoms with E-state index in [0.29, 0.717) is 40.1 Å². The minimum Gasteiger partial charge on any atom is -0.493 e. The number of amides is 1. The fourth-order valence-corrected chi connectivity index (χ4v) is 2.71. The van der Waals surface area contributed by atoms with Gasteiger partial charge in [-0.25, -0.2) is 0 Å². The molecule has 8 heteroatoms. The van der Waals surface area contributed by atoms with Crippen LogP contribution in [0.5, 0.6) is 11.5 Å². The molecule has 0 aliphatic rings. The van der Waals surface area contributed by atoms with Crippen molar-refractivity contribution < 1.29 is 14.3 Å². The lowest BCUT2D eigenvalue weighted by Crippen LogP contribution is -2.40. The average molecular weight is 413 g/mol. The summed E-state index contributed by atoms with van der Waals surface area (Å²) in [6.45, 7) is 0.552. The minimum atomic E-state index is -0.354. The molecule has 2 aromatic rings. The number of hydrogen-bond donors (Lipinski definition) is 2. The highest BCUT2D eigenvalue weighted by atomic mass is 35.5. The predicted molar refractivity (Wildman–Crippen MR) is 108 cm³/mol. The van der Waals surface area contributed by atoms with E-state index in [1.165, 1.54) is 6.07 Å². The SMILES string of the molecule is COc1ccc(CCNC(=S)NC(=O)c2ccc(Cl)c(Cl)c2)cc1OC. The fraction of sp³-hybridized carbons (Fsp3) is 0.222. The smallest absolute Gasteiger partial charge is 0.257 e. The molecule has 0 heterocycles. The van der Waals surface area contributed by atoms with E-state index in [0.717, 1.165) is 5.56 Å². The van der Waals surface area contributed by atoms with Gasteiger partial charge in [-0.15, -0.1) is 0 Å². The van der Waals surface area contributed by atoms with E-state index in [9.17, 15) is 4.79 Å². The fourth-order valence-electron chi connectivity index (χ4n) is 2.21. The van der Waals surface area contributed by atoms with Crippen molar-refractivity contribution in [1.82, 2.24) is 10.6 Å². The lowest BCUT2D eigenvalue weighted by atomic mass is 10.1. The monoisotopic (exact) mass is 412 g/mol. The van der Waals surface area contributed by atoms with Crippen molar-refractivity contribution in [1.29, 1.82) is 0 Å². The van der Waals surface area contributed by atoms with Crippen molar-refractivity contribution in [2.45, 2.75) is 6.42 Å². The predicted octanol–water partition coefficient (Wildman–Crippen LogP) is 3.86. The van der Waals surface area contributed by atoms with Gasteiger partial charge in [-0.05, 0) is 54.5 Å². The van der Waals surface area contributed by atoms with Gasteiger partial charge >= 0.3 is 0 Å². The van der Waals surface area contributed by atoms with Crippen LogP contribution in [-0.4, -0.2) is 31.8 Å². The van der Waals surface area contributed by atoms with Crippen LogP contribution in [0.2, 0.25) is 10.0 Å². The maximum Gasteiger partial charge on any atom is 0.257 e. The van der Waals surface area contributed by atoms with Gasteiger partial charge in [-0.3, -0.25) is 10.1 Å². The molecular weight excluding hydrogens is 395 g/mol. The molecule has 1 amide bonds. The summed E-state index contributed by atoms with van der Waals surface area (Å²) in [6, 6.07) is 10.3. The van der Waals surface area contributed by atoms with Crippen molar-refractivity contribution in [3.8, 4) is 11.5 Å². The highest BCUT2D eigenvalue weighted by Gasteiger charge is 2.10. The van der Waals surface area contributed by atoms with Crippen molar-refractivity contribution in [3.05, 3.63) is 57.6 Å². The third-order valence-corrected chi connectivity index (χ3v) is 4.54. The van der Waals surface area contributed by atoms with Crippen molar-refractivity contribution >= 4 is 46.4 Å². The Morgan fingerprint density at radius 1 is 1.04 bits per heavy atom. The van der Waals surface area contributed by atoms with E-state index in [4.69, 9.17) is 44.9 Å². The van der Waals surface area contributed by atoms with Gasteiger partial charge in [0.05, 0.1) is 24.3 Å². The summed E-state index contributed by atoms with van der Waals surface area (Å²) in [4.78, 5) is 12.1. The van der Waals surface area contributed by atoms with Crippen LogP contribution >= 0.6 is 35.4 Å². The molecule has 5 nitrogen and oxygen atoms in total. The van der Waals surface area contributed by atoms with E-state index in [1.54, 1.807) is 26.4 Å². The van der Waals surface area contributed by atoms with Gasteiger partial charge in [-0.1, -0.05) is 29.3 Å². The van der Waals surface area contributed by atoms with Gasteiger partial charge in [0, 0.05) is 12.1 Å². The first-order valence-corrected chi connectivity index (χ1v) is 8.86. The maximum atomic E-state index is 12.1. The van der Waals surface area contributed by atoms with Crippen molar-refractivity contribution in [3.63, 3.8) is 0 Å². The quantitative estimate of drug-likeness (QED) is 0.705. The second kappa shape index (κ2) is 9.62. The Kier molecular flexibility index (Phi) is 7.50. The second-order valence-electron chi connectivity index (χ2n) is 5.28. The molecule has 0 radical (unpaired) electrons. The van der Waals surface area contributed by atoms with E-state index >= 15 is 0 Å². The molecular formula is C18H18Cl2N2O3S. The number of thiocarbonyl (C=S) groups is 1. The molecule has 2 aromatic carbocycles. The number of hydrogen-bond acceptors (Lipinski definition) is 4. The molecule has 2 rings (SSSR count). The summed E-state index contributed by atoms with van der Waals surface area (Å²) in [7, 11) is 3.18. The zero-order chi connectivity index (χ0) is 19.1.